The molecule has 0 aromatic rings. The molecular formula is C6H11N2O3P. The second-order valence-electron chi connectivity index (χ2n) is 2.17. The molecule has 5 nitrogen and oxygen atoms in total. The normalized spacial score (nSPS) is 11.8. The summed E-state index contributed by atoms with van der Waals surface area (Å²) in [6.45, 7) is 0.445. The zero-order chi connectivity index (χ0) is 9.40. The van der Waals surface area contributed by atoms with Gasteiger partial charge in [-0.05, 0) is 0 Å². The Hall–Kier alpha value is -0.600. The van der Waals surface area contributed by atoms with Crippen molar-refractivity contribution in [2.75, 3.05) is 6.54 Å². The summed E-state index contributed by atoms with van der Waals surface area (Å²) in [5, 5.41) is 11.0. The molecule has 0 aliphatic carbocycles. The molecule has 0 aliphatic rings. The Balaban J connectivity index is 3.92. The van der Waals surface area contributed by atoms with E-state index in [4.69, 9.17) is 10.8 Å². The fourth-order valence-electron chi connectivity index (χ4n) is 0.684. The van der Waals surface area contributed by atoms with Crippen LogP contribution in [0.4, 0.5) is 0 Å². The number of carbonyl (C=O) groups is 1. The van der Waals surface area contributed by atoms with Crippen molar-refractivity contribution in [3.05, 3.63) is 0 Å². The van der Waals surface area contributed by atoms with E-state index in [9.17, 15) is 9.36 Å². The molecule has 0 aromatic carbocycles. The fourth-order valence-corrected chi connectivity index (χ4v) is 0.892. The third-order valence-corrected chi connectivity index (χ3v) is 1.50. The van der Waals surface area contributed by atoms with E-state index in [0.29, 0.717) is 19.4 Å². The summed E-state index contributed by atoms with van der Waals surface area (Å²) in [5.41, 5.74) is 5.20. The van der Waals surface area contributed by atoms with Crippen molar-refractivity contribution in [2.24, 2.45) is 5.73 Å². The summed E-state index contributed by atoms with van der Waals surface area (Å²) in [6, 6.07) is -0.741. The molecule has 12 heavy (non-hydrogen) atoms. The van der Waals surface area contributed by atoms with Gasteiger partial charge in [0.1, 0.15) is 0 Å². The summed E-state index contributed by atoms with van der Waals surface area (Å²) >= 11 is 0. The molecule has 4 N–H and O–H groups in total. The summed E-state index contributed by atoms with van der Waals surface area (Å²) in [7, 11) is -0.341. The maximum absolute atomic E-state index is 10.5. The number of carboxylic acids is 1. The van der Waals surface area contributed by atoms with Gasteiger partial charge < -0.3 is 0 Å². The molecular weight excluding hydrogens is 179 g/mol. The monoisotopic (exact) mass is 190 g/mol. The van der Waals surface area contributed by atoms with Crippen molar-refractivity contribution in [3.63, 3.8) is 0 Å². The molecule has 0 aliphatic heterocycles. The molecule has 0 unspecified atom stereocenters. The molecule has 0 amide bonds. The van der Waals surface area contributed by atoms with Crippen LogP contribution in [0.2, 0.25) is 0 Å². The van der Waals surface area contributed by atoms with Crippen molar-refractivity contribution in [2.45, 2.75) is 18.9 Å². The zero-order valence-electron chi connectivity index (χ0n) is 6.49. The zero-order valence-corrected chi connectivity index (χ0v) is 7.38. The van der Waals surface area contributed by atoms with E-state index >= 15 is 0 Å². The van der Waals surface area contributed by atoms with E-state index in [-0.39, 0.29) is 7.92 Å². The number of carboxylic acid groups (broad SMARTS) is 1. The maximum atomic E-state index is 10.5. The van der Waals surface area contributed by atoms with Crippen LogP contribution >= 0.6 is 7.92 Å². The van der Waals surface area contributed by atoms with E-state index < -0.39 is 12.0 Å². The topological polar surface area (TPSA) is 92.4 Å². The predicted octanol–water partition coefficient (Wildman–Crippen LogP) is -0.0235. The number of aliphatic carboxylic acids is 1. The molecule has 68 valence electrons. The van der Waals surface area contributed by atoms with Gasteiger partial charge in [0.15, 0.2) is 0 Å². The van der Waals surface area contributed by atoms with Crippen molar-refractivity contribution in [1.82, 2.24) is 5.32 Å². The van der Waals surface area contributed by atoms with Crippen molar-refractivity contribution < 1.29 is 14.5 Å². The van der Waals surface area contributed by atoms with Gasteiger partial charge in [-0.2, -0.15) is 0 Å². The first-order chi connectivity index (χ1) is 5.72. The number of hydrogen-bond acceptors (Lipinski definition) is 4. The second-order valence-corrected chi connectivity index (χ2v) is 2.58. The molecule has 0 aromatic heterocycles. The van der Waals surface area contributed by atoms with Gasteiger partial charge in [-0.25, -0.2) is 0 Å². The van der Waals surface area contributed by atoms with E-state index in [1.54, 1.807) is 0 Å². The molecule has 0 spiro atoms. The first-order valence-corrected chi connectivity index (χ1v) is 4.29. The van der Waals surface area contributed by atoms with Crippen LogP contribution in [0.15, 0.2) is 0 Å². The first-order valence-electron chi connectivity index (χ1n) is 3.48. The van der Waals surface area contributed by atoms with Crippen LogP contribution in [0, 0.1) is 5.75 Å². The van der Waals surface area contributed by atoms with Gasteiger partial charge in [0.25, 0.3) is 0 Å². The Bertz CT molecular complexity index is 236. The number of nitrogens with one attached hydrogen (secondary N) is 1. The summed E-state index contributed by atoms with van der Waals surface area (Å²) < 4.78 is 9.91. The van der Waals surface area contributed by atoms with Gasteiger partial charge >= 0.3 is 70.6 Å². The van der Waals surface area contributed by atoms with E-state index in [1.807, 2.05) is 0 Å². The van der Waals surface area contributed by atoms with Gasteiger partial charge in [-0.15, -0.1) is 0 Å². The Morgan fingerprint density at radius 1 is 1.75 bits per heavy atom. The minimum absolute atomic E-state index is 0.341. The molecule has 0 heterocycles. The fraction of sp³-hybridized carbons (Fsp3) is 0.667. The van der Waals surface area contributed by atoms with Crippen LogP contribution in [-0.2, 0) is 9.36 Å². The molecule has 0 saturated heterocycles. The van der Waals surface area contributed by atoms with Gasteiger partial charge in [-0.1, -0.05) is 0 Å². The quantitative estimate of drug-likeness (QED) is 0.418. The third-order valence-electron chi connectivity index (χ3n) is 1.28. The summed E-state index contributed by atoms with van der Waals surface area (Å²) in [5.74, 6) is 1.20. The molecule has 0 radical (unpaired) electrons. The average Bonchev–Trinajstić information content (AvgIpc) is 2.04. The predicted molar refractivity (Wildman–Crippen MR) is 44.3 cm³/mol. The Morgan fingerprint density at radius 2 is 2.42 bits per heavy atom. The SMILES string of the molecule is NCCC[C@H](NC#P=O)C(=O)O. The number of nitrogens with two attached hydrogens (primary N) is 1. The van der Waals surface area contributed by atoms with Crippen LogP contribution in [0.1, 0.15) is 12.8 Å². The number of rotatable bonds is 5. The Labute approximate surface area is 71.4 Å². The molecule has 0 saturated carbocycles. The van der Waals surface area contributed by atoms with E-state index in [1.165, 1.54) is 0 Å². The Kier molecular flexibility index (Phi) is 6.72. The van der Waals surface area contributed by atoms with Crippen LogP contribution in [0.3, 0.4) is 0 Å². The number of hydrogen-bond donors (Lipinski definition) is 3. The molecule has 0 rings (SSSR count). The summed E-state index contributed by atoms with van der Waals surface area (Å²) in [4.78, 5) is 10.5. The average molecular weight is 190 g/mol. The van der Waals surface area contributed by atoms with E-state index in [0.717, 1.165) is 0 Å². The van der Waals surface area contributed by atoms with Crippen LogP contribution in [-0.4, -0.2) is 23.7 Å². The third kappa shape index (κ3) is 5.10. The molecule has 0 fully saturated rings. The molecule has 1 atom stereocenters. The van der Waals surface area contributed by atoms with Gasteiger partial charge in [-0.3, -0.25) is 0 Å². The van der Waals surface area contributed by atoms with Gasteiger partial charge in [0.05, 0.1) is 0 Å². The van der Waals surface area contributed by atoms with Crippen LogP contribution in [0.25, 0.3) is 0 Å². The van der Waals surface area contributed by atoms with Crippen LogP contribution < -0.4 is 11.1 Å². The van der Waals surface area contributed by atoms with Crippen molar-refractivity contribution in [3.8, 4) is 5.75 Å². The van der Waals surface area contributed by atoms with Crippen molar-refractivity contribution >= 4 is 13.9 Å². The molecule has 0 bridgehead atoms. The first kappa shape index (κ1) is 11.4. The molecule has 6 heteroatoms. The summed E-state index contributed by atoms with van der Waals surface area (Å²) in [6.07, 6.45) is 1.02. The Morgan fingerprint density at radius 3 is 2.83 bits per heavy atom. The van der Waals surface area contributed by atoms with Crippen LogP contribution in [0.5, 0.6) is 0 Å². The van der Waals surface area contributed by atoms with Gasteiger partial charge in [0, 0.05) is 0 Å². The van der Waals surface area contributed by atoms with Gasteiger partial charge in [0.2, 0.25) is 0 Å². The standard InChI is InChI=1S/C6H11N2O3P/c7-3-1-2-5(6(9)10)8-4-12-11/h5,8H,1-3,7H2,(H,9,10)/t5-/m0/s1. The second kappa shape index (κ2) is 7.07. The minimum atomic E-state index is -0.986. The van der Waals surface area contributed by atoms with E-state index in [2.05, 4.69) is 11.1 Å². The van der Waals surface area contributed by atoms with Crippen molar-refractivity contribution in [1.29, 1.82) is 0 Å².